The third-order valence-electron chi connectivity index (χ3n) is 4.89. The Labute approximate surface area is 161 Å². The summed E-state index contributed by atoms with van der Waals surface area (Å²) in [5.41, 5.74) is 0.992. The number of nitrogens with one attached hydrogen (secondary N) is 2. The zero-order chi connectivity index (χ0) is 17.6. The largest absolute Gasteiger partial charge is 0.493 e. The van der Waals surface area contributed by atoms with Crippen molar-refractivity contribution < 1.29 is 19.0 Å². The van der Waals surface area contributed by atoms with Gasteiger partial charge in [0, 0.05) is 13.1 Å². The molecule has 1 saturated carbocycles. The van der Waals surface area contributed by atoms with Crippen LogP contribution < -0.4 is 20.1 Å². The standard InChI is InChI=1S/C19H28N2O4.ClH/c1-13-18(20-9-10-24-13)19(22)21-12-14-7-8-16(23-2)17(11-14)25-15-5-3-4-6-15;/h7-8,11,13,15,18,20H,3-6,9-10,12H2,1-2H3,(H,21,22);1H/t13-,18+;/m1./s1. The van der Waals surface area contributed by atoms with E-state index in [0.717, 1.165) is 29.9 Å². The van der Waals surface area contributed by atoms with E-state index in [2.05, 4.69) is 10.6 Å². The SMILES string of the molecule is COc1ccc(CNC(=O)[C@H]2NCCO[C@@H]2C)cc1OC1CCCC1.Cl. The number of halogens is 1. The molecule has 3 rings (SSSR count). The Kier molecular flexibility index (Phi) is 8.00. The second-order valence-corrected chi connectivity index (χ2v) is 6.74. The van der Waals surface area contributed by atoms with Gasteiger partial charge in [0.05, 0.1) is 25.9 Å². The molecular formula is C19H29ClN2O4. The number of methoxy groups -OCH3 is 1. The maximum absolute atomic E-state index is 12.4. The molecule has 146 valence electrons. The number of hydrogen-bond donors (Lipinski definition) is 2. The zero-order valence-corrected chi connectivity index (χ0v) is 16.3. The minimum Gasteiger partial charge on any atom is -0.493 e. The first-order valence-corrected chi connectivity index (χ1v) is 9.13. The number of amides is 1. The van der Waals surface area contributed by atoms with Crippen molar-refractivity contribution in [3.8, 4) is 11.5 Å². The smallest absolute Gasteiger partial charge is 0.240 e. The molecule has 1 saturated heterocycles. The molecule has 2 aliphatic rings. The minimum absolute atomic E-state index is 0. The molecule has 26 heavy (non-hydrogen) atoms. The molecule has 2 fully saturated rings. The summed E-state index contributed by atoms with van der Waals surface area (Å²) in [7, 11) is 1.65. The van der Waals surface area contributed by atoms with Crippen LogP contribution in [0.25, 0.3) is 0 Å². The molecule has 1 aliphatic carbocycles. The number of ether oxygens (including phenoxy) is 3. The summed E-state index contributed by atoms with van der Waals surface area (Å²) in [6.45, 7) is 3.71. The van der Waals surface area contributed by atoms with Crippen LogP contribution in [-0.4, -0.2) is 44.4 Å². The van der Waals surface area contributed by atoms with E-state index in [-0.39, 0.29) is 36.6 Å². The molecule has 1 aromatic rings. The first kappa shape index (κ1) is 20.8. The van der Waals surface area contributed by atoms with Gasteiger partial charge < -0.3 is 24.8 Å². The van der Waals surface area contributed by atoms with E-state index in [1.54, 1.807) is 7.11 Å². The lowest BCUT2D eigenvalue weighted by Gasteiger charge is -2.29. The third-order valence-corrected chi connectivity index (χ3v) is 4.89. The molecule has 6 nitrogen and oxygen atoms in total. The van der Waals surface area contributed by atoms with Crippen LogP contribution in [0.2, 0.25) is 0 Å². The van der Waals surface area contributed by atoms with Gasteiger partial charge in [-0.25, -0.2) is 0 Å². The van der Waals surface area contributed by atoms with Gasteiger partial charge >= 0.3 is 0 Å². The van der Waals surface area contributed by atoms with E-state index in [9.17, 15) is 4.79 Å². The summed E-state index contributed by atoms with van der Waals surface area (Å²) >= 11 is 0. The highest BCUT2D eigenvalue weighted by molar-refractivity contribution is 5.85. The minimum atomic E-state index is -0.304. The van der Waals surface area contributed by atoms with Gasteiger partial charge in [-0.2, -0.15) is 0 Å². The Morgan fingerprint density at radius 2 is 2.08 bits per heavy atom. The number of morpholine rings is 1. The van der Waals surface area contributed by atoms with Crippen LogP contribution in [0.15, 0.2) is 18.2 Å². The maximum Gasteiger partial charge on any atom is 0.240 e. The molecule has 0 aromatic heterocycles. The van der Waals surface area contributed by atoms with E-state index in [1.807, 2.05) is 25.1 Å². The first-order valence-electron chi connectivity index (χ1n) is 9.13. The molecule has 2 N–H and O–H groups in total. The fourth-order valence-electron chi connectivity index (χ4n) is 3.44. The summed E-state index contributed by atoms with van der Waals surface area (Å²) in [5.74, 6) is 1.45. The summed E-state index contributed by atoms with van der Waals surface area (Å²) < 4.78 is 17.0. The van der Waals surface area contributed by atoms with E-state index < -0.39 is 0 Å². The molecule has 0 unspecified atom stereocenters. The number of rotatable bonds is 6. The normalized spacial score (nSPS) is 23.2. The quantitative estimate of drug-likeness (QED) is 0.788. The molecule has 0 bridgehead atoms. The highest BCUT2D eigenvalue weighted by Gasteiger charge is 2.28. The van der Waals surface area contributed by atoms with Gasteiger partial charge in [0.2, 0.25) is 5.91 Å². The lowest BCUT2D eigenvalue weighted by atomic mass is 10.1. The van der Waals surface area contributed by atoms with Crippen LogP contribution >= 0.6 is 12.4 Å². The Morgan fingerprint density at radius 1 is 1.31 bits per heavy atom. The van der Waals surface area contributed by atoms with Gasteiger partial charge in [0.15, 0.2) is 11.5 Å². The van der Waals surface area contributed by atoms with Crippen LogP contribution in [0.1, 0.15) is 38.2 Å². The Balaban J connectivity index is 0.00000243. The van der Waals surface area contributed by atoms with E-state index in [4.69, 9.17) is 14.2 Å². The predicted molar refractivity (Wildman–Crippen MR) is 102 cm³/mol. The van der Waals surface area contributed by atoms with Crippen molar-refractivity contribution in [3.63, 3.8) is 0 Å². The van der Waals surface area contributed by atoms with Gasteiger partial charge in [-0.05, 0) is 50.3 Å². The second-order valence-electron chi connectivity index (χ2n) is 6.74. The second kappa shape index (κ2) is 10.00. The Morgan fingerprint density at radius 3 is 2.77 bits per heavy atom. The molecule has 7 heteroatoms. The first-order chi connectivity index (χ1) is 12.2. The van der Waals surface area contributed by atoms with E-state index in [1.165, 1.54) is 12.8 Å². The highest BCUT2D eigenvalue weighted by atomic mass is 35.5. The molecule has 2 atom stereocenters. The topological polar surface area (TPSA) is 68.8 Å². The highest BCUT2D eigenvalue weighted by Crippen LogP contribution is 2.32. The lowest BCUT2D eigenvalue weighted by molar-refractivity contribution is -0.129. The van der Waals surface area contributed by atoms with Gasteiger partial charge in [-0.3, -0.25) is 4.79 Å². The van der Waals surface area contributed by atoms with Gasteiger partial charge in [0.1, 0.15) is 6.04 Å². The van der Waals surface area contributed by atoms with Crippen molar-refractivity contribution >= 4 is 18.3 Å². The molecular weight excluding hydrogens is 356 g/mol. The summed E-state index contributed by atoms with van der Waals surface area (Å²) in [6, 6.07) is 5.51. The fraction of sp³-hybridized carbons (Fsp3) is 0.632. The van der Waals surface area contributed by atoms with Gasteiger partial charge in [0.25, 0.3) is 0 Å². The average molecular weight is 385 g/mol. The van der Waals surface area contributed by atoms with E-state index in [0.29, 0.717) is 19.7 Å². The van der Waals surface area contributed by atoms with Crippen LogP contribution in [0.4, 0.5) is 0 Å². The van der Waals surface area contributed by atoms with Crippen LogP contribution in [0, 0.1) is 0 Å². The molecule has 0 radical (unpaired) electrons. The Hall–Kier alpha value is -1.50. The number of benzene rings is 1. The van der Waals surface area contributed by atoms with Crippen LogP contribution in [-0.2, 0) is 16.1 Å². The van der Waals surface area contributed by atoms with Crippen molar-refractivity contribution in [3.05, 3.63) is 23.8 Å². The third kappa shape index (κ3) is 5.25. The lowest BCUT2D eigenvalue weighted by Crippen LogP contribution is -2.55. The Bertz CT molecular complexity index is 593. The molecule has 0 spiro atoms. The molecule has 1 amide bonds. The van der Waals surface area contributed by atoms with Crippen molar-refractivity contribution in [2.24, 2.45) is 0 Å². The summed E-state index contributed by atoms with van der Waals surface area (Å²) in [4.78, 5) is 12.4. The van der Waals surface area contributed by atoms with Crippen molar-refractivity contribution in [1.82, 2.24) is 10.6 Å². The predicted octanol–water partition coefficient (Wildman–Crippen LogP) is 2.43. The van der Waals surface area contributed by atoms with Crippen LogP contribution in [0.3, 0.4) is 0 Å². The van der Waals surface area contributed by atoms with Crippen LogP contribution in [0.5, 0.6) is 11.5 Å². The van der Waals surface area contributed by atoms with Crippen molar-refractivity contribution in [2.45, 2.75) is 57.4 Å². The number of carbonyl (C=O) groups excluding carboxylic acids is 1. The van der Waals surface area contributed by atoms with Crippen molar-refractivity contribution in [2.75, 3.05) is 20.3 Å². The van der Waals surface area contributed by atoms with Gasteiger partial charge in [-0.15, -0.1) is 12.4 Å². The van der Waals surface area contributed by atoms with E-state index >= 15 is 0 Å². The van der Waals surface area contributed by atoms with Gasteiger partial charge in [-0.1, -0.05) is 6.07 Å². The fourth-order valence-corrected chi connectivity index (χ4v) is 3.44. The molecule has 1 aromatic carbocycles. The molecule has 1 aliphatic heterocycles. The summed E-state index contributed by atoms with van der Waals surface area (Å²) in [6.07, 6.45) is 4.77. The maximum atomic E-state index is 12.4. The summed E-state index contributed by atoms with van der Waals surface area (Å²) in [5, 5.41) is 6.18. The number of carbonyl (C=O) groups is 1. The number of hydrogen-bond acceptors (Lipinski definition) is 5. The van der Waals surface area contributed by atoms with Crippen molar-refractivity contribution in [1.29, 1.82) is 0 Å². The molecule has 1 heterocycles. The zero-order valence-electron chi connectivity index (χ0n) is 15.5. The average Bonchev–Trinajstić information content (AvgIpc) is 3.13. The monoisotopic (exact) mass is 384 g/mol.